The van der Waals surface area contributed by atoms with Gasteiger partial charge >= 0.3 is 0 Å². The quantitative estimate of drug-likeness (QED) is 0.807. The van der Waals surface area contributed by atoms with E-state index < -0.39 is 10.0 Å². The Morgan fingerprint density at radius 1 is 1.08 bits per heavy atom. The first-order valence-corrected chi connectivity index (χ1v) is 9.35. The van der Waals surface area contributed by atoms with Gasteiger partial charge in [0.25, 0.3) is 5.91 Å². The van der Waals surface area contributed by atoms with E-state index in [1.165, 1.54) is 12.1 Å². The van der Waals surface area contributed by atoms with Crippen LogP contribution in [-0.4, -0.2) is 27.4 Å². The molecule has 0 heterocycles. The number of aryl methyl sites for hydroxylation is 1. The number of carbonyl (C=O) groups is 1. The molecule has 2 aromatic rings. The fourth-order valence-electron chi connectivity index (χ4n) is 2.33. The van der Waals surface area contributed by atoms with Gasteiger partial charge in [-0.3, -0.25) is 4.79 Å². The summed E-state index contributed by atoms with van der Waals surface area (Å²) in [6.07, 6.45) is 0.606. The van der Waals surface area contributed by atoms with Gasteiger partial charge in [-0.05, 0) is 43.5 Å². The molecule has 128 valence electrons. The van der Waals surface area contributed by atoms with Crippen molar-refractivity contribution in [1.82, 2.24) is 10.0 Å². The summed E-state index contributed by atoms with van der Waals surface area (Å²) in [5, 5.41) is 2.69. The van der Waals surface area contributed by atoms with Crippen LogP contribution in [0.15, 0.2) is 53.4 Å². The maximum absolute atomic E-state index is 12.4. The summed E-state index contributed by atoms with van der Waals surface area (Å²) >= 11 is 0. The molecule has 0 unspecified atom stereocenters. The lowest BCUT2D eigenvalue weighted by molar-refractivity contribution is 0.0955. The minimum Gasteiger partial charge on any atom is -0.352 e. The third-order valence-electron chi connectivity index (χ3n) is 3.65. The molecule has 2 rings (SSSR count). The number of hydrogen-bond acceptors (Lipinski definition) is 3. The molecular formula is C18H22N2O3S. The average Bonchev–Trinajstić information content (AvgIpc) is 2.56. The first-order chi connectivity index (χ1) is 11.4. The molecule has 0 radical (unpaired) electrons. The molecule has 2 aromatic carbocycles. The first kappa shape index (κ1) is 18.2. The Kier molecular flexibility index (Phi) is 6.11. The van der Waals surface area contributed by atoms with Gasteiger partial charge in [-0.25, -0.2) is 13.1 Å². The van der Waals surface area contributed by atoms with Crippen LogP contribution in [0.5, 0.6) is 0 Å². The second-order valence-corrected chi connectivity index (χ2v) is 7.24. The largest absolute Gasteiger partial charge is 0.352 e. The molecule has 6 heteroatoms. The Hall–Kier alpha value is -2.18. The molecule has 5 nitrogen and oxygen atoms in total. The fourth-order valence-corrected chi connectivity index (χ4v) is 3.38. The highest BCUT2D eigenvalue weighted by atomic mass is 32.2. The van der Waals surface area contributed by atoms with Crippen LogP contribution in [0.2, 0.25) is 0 Å². The van der Waals surface area contributed by atoms with Crippen LogP contribution in [0.1, 0.15) is 28.4 Å². The van der Waals surface area contributed by atoms with Gasteiger partial charge in [0.2, 0.25) is 10.0 Å². The van der Waals surface area contributed by atoms with Crippen molar-refractivity contribution < 1.29 is 13.2 Å². The van der Waals surface area contributed by atoms with Crippen molar-refractivity contribution >= 4 is 15.9 Å². The van der Waals surface area contributed by atoms with E-state index in [1.54, 1.807) is 13.0 Å². The molecular weight excluding hydrogens is 324 g/mol. The highest BCUT2D eigenvalue weighted by Gasteiger charge is 2.17. The van der Waals surface area contributed by atoms with E-state index >= 15 is 0 Å². The monoisotopic (exact) mass is 346 g/mol. The molecule has 24 heavy (non-hydrogen) atoms. The summed E-state index contributed by atoms with van der Waals surface area (Å²) in [5.74, 6) is -0.267. The van der Waals surface area contributed by atoms with Gasteiger partial charge in [-0.1, -0.05) is 36.4 Å². The standard InChI is InChI=1S/C18H22N2O3S/c1-3-19-18(21)17-13-16(10-9-14(17)2)24(22,23)20-12-11-15-7-5-4-6-8-15/h4-10,13,20H,3,11-12H2,1-2H3,(H,19,21). The molecule has 1 amide bonds. The van der Waals surface area contributed by atoms with E-state index in [0.717, 1.165) is 11.1 Å². The van der Waals surface area contributed by atoms with Gasteiger partial charge in [0.15, 0.2) is 0 Å². The number of rotatable bonds is 7. The van der Waals surface area contributed by atoms with Crippen LogP contribution < -0.4 is 10.0 Å². The SMILES string of the molecule is CCNC(=O)c1cc(S(=O)(=O)NCCc2ccccc2)ccc1C. The molecule has 0 atom stereocenters. The van der Waals surface area contributed by atoms with E-state index in [2.05, 4.69) is 10.0 Å². The number of carbonyl (C=O) groups excluding carboxylic acids is 1. The molecule has 0 aliphatic heterocycles. The van der Waals surface area contributed by atoms with Gasteiger partial charge in [0.1, 0.15) is 0 Å². The lowest BCUT2D eigenvalue weighted by Gasteiger charge is -2.10. The van der Waals surface area contributed by atoms with Gasteiger partial charge in [-0.2, -0.15) is 0 Å². The van der Waals surface area contributed by atoms with Gasteiger partial charge in [0, 0.05) is 18.7 Å². The second-order valence-electron chi connectivity index (χ2n) is 5.47. The van der Waals surface area contributed by atoms with E-state index in [4.69, 9.17) is 0 Å². The van der Waals surface area contributed by atoms with Crippen LogP contribution in [0, 0.1) is 6.92 Å². The second kappa shape index (κ2) is 8.08. The Morgan fingerprint density at radius 3 is 2.46 bits per heavy atom. The first-order valence-electron chi connectivity index (χ1n) is 7.86. The Balaban J connectivity index is 2.11. The maximum atomic E-state index is 12.4. The smallest absolute Gasteiger partial charge is 0.251 e. The summed E-state index contributed by atoms with van der Waals surface area (Å²) in [5.41, 5.74) is 2.18. The Morgan fingerprint density at radius 2 is 1.79 bits per heavy atom. The zero-order valence-corrected chi connectivity index (χ0v) is 14.7. The Labute approximate surface area is 143 Å². The molecule has 0 aromatic heterocycles. The molecule has 0 aliphatic carbocycles. The van der Waals surface area contributed by atoms with Gasteiger partial charge in [0.05, 0.1) is 4.90 Å². The van der Waals surface area contributed by atoms with Crippen molar-refractivity contribution in [2.24, 2.45) is 0 Å². The van der Waals surface area contributed by atoms with E-state index in [-0.39, 0.29) is 10.8 Å². The summed E-state index contributed by atoms with van der Waals surface area (Å²) < 4.78 is 27.4. The van der Waals surface area contributed by atoms with Crippen molar-refractivity contribution in [3.8, 4) is 0 Å². The predicted octanol–water partition coefficient (Wildman–Crippen LogP) is 2.27. The summed E-state index contributed by atoms with van der Waals surface area (Å²) in [7, 11) is -3.65. The molecule has 0 spiro atoms. The molecule has 2 N–H and O–H groups in total. The molecule has 0 aliphatic rings. The maximum Gasteiger partial charge on any atom is 0.251 e. The third-order valence-corrected chi connectivity index (χ3v) is 5.11. The van der Waals surface area contributed by atoms with Crippen LogP contribution in [-0.2, 0) is 16.4 Å². The number of sulfonamides is 1. The van der Waals surface area contributed by atoms with Gasteiger partial charge in [-0.15, -0.1) is 0 Å². The lowest BCUT2D eigenvalue weighted by Crippen LogP contribution is -2.27. The van der Waals surface area contributed by atoms with Crippen molar-refractivity contribution in [2.75, 3.05) is 13.1 Å². The van der Waals surface area contributed by atoms with Crippen molar-refractivity contribution in [3.63, 3.8) is 0 Å². The van der Waals surface area contributed by atoms with Crippen molar-refractivity contribution in [1.29, 1.82) is 0 Å². The van der Waals surface area contributed by atoms with E-state index in [1.807, 2.05) is 37.3 Å². The highest BCUT2D eigenvalue weighted by molar-refractivity contribution is 7.89. The number of hydrogen-bond donors (Lipinski definition) is 2. The molecule has 0 fully saturated rings. The number of nitrogens with one attached hydrogen (secondary N) is 2. The van der Waals surface area contributed by atoms with E-state index in [9.17, 15) is 13.2 Å². The third kappa shape index (κ3) is 4.66. The molecule has 0 saturated carbocycles. The van der Waals surface area contributed by atoms with Crippen LogP contribution in [0.3, 0.4) is 0 Å². The Bertz CT molecular complexity index is 802. The normalized spacial score (nSPS) is 11.2. The minimum atomic E-state index is -3.65. The minimum absolute atomic E-state index is 0.0995. The topological polar surface area (TPSA) is 75.3 Å². The molecule has 0 bridgehead atoms. The average molecular weight is 346 g/mol. The van der Waals surface area contributed by atoms with Crippen molar-refractivity contribution in [3.05, 3.63) is 65.2 Å². The highest BCUT2D eigenvalue weighted by Crippen LogP contribution is 2.15. The van der Waals surface area contributed by atoms with Crippen LogP contribution in [0.25, 0.3) is 0 Å². The fraction of sp³-hybridized carbons (Fsp3) is 0.278. The summed E-state index contributed by atoms with van der Waals surface area (Å²) in [4.78, 5) is 12.1. The van der Waals surface area contributed by atoms with Crippen LogP contribution in [0.4, 0.5) is 0 Å². The zero-order chi connectivity index (χ0) is 17.6. The van der Waals surface area contributed by atoms with Gasteiger partial charge < -0.3 is 5.32 Å². The van der Waals surface area contributed by atoms with Crippen LogP contribution >= 0.6 is 0 Å². The zero-order valence-electron chi connectivity index (χ0n) is 13.9. The number of amides is 1. The lowest BCUT2D eigenvalue weighted by atomic mass is 10.1. The van der Waals surface area contributed by atoms with E-state index in [0.29, 0.717) is 25.1 Å². The summed E-state index contributed by atoms with van der Waals surface area (Å²) in [6, 6.07) is 14.2. The predicted molar refractivity (Wildman–Crippen MR) is 94.5 cm³/mol. The van der Waals surface area contributed by atoms with Crippen molar-refractivity contribution in [2.45, 2.75) is 25.2 Å². The summed E-state index contributed by atoms with van der Waals surface area (Å²) in [6.45, 7) is 4.39. The molecule has 0 saturated heterocycles. The number of benzene rings is 2.